The molecule has 2 spiro atoms. The summed E-state index contributed by atoms with van der Waals surface area (Å²) in [6.45, 7) is 2.09. The number of nitriles is 1. The maximum atomic E-state index is 12.9. The summed E-state index contributed by atoms with van der Waals surface area (Å²) >= 11 is 0. The largest absolute Gasteiger partial charge is 0.434 e. The topological polar surface area (TPSA) is 106 Å². The van der Waals surface area contributed by atoms with Crippen LogP contribution in [0, 0.1) is 22.7 Å². The second-order valence-electron chi connectivity index (χ2n) is 10.1. The molecular formula is C21H24F3N5O3S. The van der Waals surface area contributed by atoms with Crippen molar-refractivity contribution in [2.75, 3.05) is 31.9 Å². The SMILES string of the molecule is N#Cc1cc(CC2CC3(C2)CN(C(=O)N2CC4(CCCS(=O)(=O)N4)C2)C3)cnc1C(F)(F)F. The van der Waals surface area contributed by atoms with Gasteiger partial charge in [-0.25, -0.2) is 17.9 Å². The van der Waals surface area contributed by atoms with Crippen molar-refractivity contribution in [1.82, 2.24) is 19.5 Å². The molecule has 0 radical (unpaired) electrons. The van der Waals surface area contributed by atoms with Crippen molar-refractivity contribution in [2.24, 2.45) is 11.3 Å². The smallest absolute Gasteiger partial charge is 0.323 e. The predicted octanol–water partition coefficient (Wildman–Crippen LogP) is 2.11. The van der Waals surface area contributed by atoms with Crippen LogP contribution in [0.5, 0.6) is 0 Å². The number of pyridine rings is 1. The highest BCUT2D eigenvalue weighted by atomic mass is 32.2. The third-order valence-corrected chi connectivity index (χ3v) is 8.89. The van der Waals surface area contributed by atoms with Crippen LogP contribution in [0.4, 0.5) is 18.0 Å². The van der Waals surface area contributed by atoms with E-state index >= 15 is 0 Å². The van der Waals surface area contributed by atoms with Gasteiger partial charge in [0.1, 0.15) is 6.07 Å². The second kappa shape index (κ2) is 7.30. The Bertz CT molecular complexity index is 1130. The standard InChI is InChI=1S/C21H24F3N5O3S/c22-21(23,24)17-16(8-25)5-14(9-26-17)4-15-6-19(7-15)10-28(11-19)18(30)29-12-20(13-29)2-1-3-33(31,32)27-20/h5,9,15,27H,1-4,6-7,10-13H2. The number of hydrogen-bond acceptors (Lipinski definition) is 5. The van der Waals surface area contributed by atoms with Gasteiger partial charge < -0.3 is 9.80 Å². The molecule has 3 aliphatic heterocycles. The molecule has 8 nitrogen and oxygen atoms in total. The lowest BCUT2D eigenvalue weighted by atomic mass is 9.56. The van der Waals surface area contributed by atoms with Gasteiger partial charge in [0, 0.05) is 37.8 Å². The van der Waals surface area contributed by atoms with Gasteiger partial charge in [-0.15, -0.1) is 0 Å². The van der Waals surface area contributed by atoms with Crippen molar-refractivity contribution in [3.63, 3.8) is 0 Å². The Kier molecular flexibility index (Phi) is 4.96. The molecule has 1 aromatic rings. The molecule has 1 N–H and O–H groups in total. The van der Waals surface area contributed by atoms with Gasteiger partial charge in [0.25, 0.3) is 0 Å². The van der Waals surface area contributed by atoms with Crippen LogP contribution < -0.4 is 4.72 Å². The summed E-state index contributed by atoms with van der Waals surface area (Å²) in [5.74, 6) is 0.426. The van der Waals surface area contributed by atoms with E-state index in [1.807, 2.05) is 0 Å². The molecule has 0 atom stereocenters. The van der Waals surface area contributed by atoms with Crippen LogP contribution in [0.25, 0.3) is 0 Å². The molecule has 5 rings (SSSR count). The maximum Gasteiger partial charge on any atom is 0.434 e. The highest BCUT2D eigenvalue weighted by Gasteiger charge is 2.56. The molecule has 3 saturated heterocycles. The summed E-state index contributed by atoms with van der Waals surface area (Å²) in [5.41, 5.74) is -1.43. The summed E-state index contributed by atoms with van der Waals surface area (Å²) in [6, 6.07) is 2.80. The molecule has 1 aliphatic carbocycles. The zero-order valence-electron chi connectivity index (χ0n) is 17.9. The number of urea groups is 1. The Balaban J connectivity index is 1.10. The van der Waals surface area contributed by atoms with Crippen LogP contribution in [0.3, 0.4) is 0 Å². The van der Waals surface area contributed by atoms with E-state index in [1.165, 1.54) is 12.3 Å². The minimum atomic E-state index is -4.65. The Morgan fingerprint density at radius 2 is 1.91 bits per heavy atom. The summed E-state index contributed by atoms with van der Waals surface area (Å²) in [7, 11) is -3.25. The second-order valence-corrected chi connectivity index (χ2v) is 12.0. The Hall–Kier alpha value is -2.39. The first kappa shape index (κ1) is 22.4. The quantitative estimate of drug-likeness (QED) is 0.694. The third-order valence-electron chi connectivity index (χ3n) is 7.32. The third kappa shape index (κ3) is 4.05. The summed E-state index contributed by atoms with van der Waals surface area (Å²) in [4.78, 5) is 19.7. The number of carbonyl (C=O) groups excluding carboxylic acids is 1. The Morgan fingerprint density at radius 3 is 2.52 bits per heavy atom. The van der Waals surface area contributed by atoms with E-state index in [-0.39, 0.29) is 23.1 Å². The van der Waals surface area contributed by atoms with Gasteiger partial charge in [-0.2, -0.15) is 18.4 Å². The highest BCUT2D eigenvalue weighted by molar-refractivity contribution is 7.89. The van der Waals surface area contributed by atoms with E-state index in [0.717, 1.165) is 19.3 Å². The van der Waals surface area contributed by atoms with Crippen LogP contribution in [0.2, 0.25) is 0 Å². The van der Waals surface area contributed by atoms with Crippen LogP contribution in [-0.4, -0.2) is 66.7 Å². The number of aromatic nitrogens is 1. The van der Waals surface area contributed by atoms with E-state index in [4.69, 9.17) is 5.26 Å². The van der Waals surface area contributed by atoms with Gasteiger partial charge in [-0.3, -0.25) is 4.98 Å². The molecule has 1 saturated carbocycles. The van der Waals surface area contributed by atoms with Gasteiger partial charge >= 0.3 is 12.2 Å². The molecule has 1 aromatic heterocycles. The minimum Gasteiger partial charge on any atom is -0.323 e. The van der Waals surface area contributed by atoms with Gasteiger partial charge in [-0.1, -0.05) is 0 Å². The molecule has 0 aromatic carbocycles. The Morgan fingerprint density at radius 1 is 1.24 bits per heavy atom. The number of amides is 2. The number of nitrogens with one attached hydrogen (secondary N) is 1. The van der Waals surface area contributed by atoms with Crippen molar-refractivity contribution in [3.8, 4) is 6.07 Å². The molecule has 4 heterocycles. The van der Waals surface area contributed by atoms with E-state index in [1.54, 1.807) is 15.9 Å². The van der Waals surface area contributed by atoms with E-state index in [9.17, 15) is 26.4 Å². The summed E-state index contributed by atoms with van der Waals surface area (Å²) in [5, 5.41) is 9.03. The molecule has 2 amide bonds. The molecule has 33 heavy (non-hydrogen) atoms. The van der Waals surface area contributed by atoms with Gasteiger partial charge in [0.2, 0.25) is 10.0 Å². The summed E-state index contributed by atoms with van der Waals surface area (Å²) in [6.07, 6.45) is 0.217. The monoisotopic (exact) mass is 483 g/mol. The predicted molar refractivity (Wildman–Crippen MR) is 110 cm³/mol. The van der Waals surface area contributed by atoms with E-state index in [0.29, 0.717) is 44.6 Å². The first-order valence-corrected chi connectivity index (χ1v) is 12.6. The number of alkyl halides is 3. The minimum absolute atomic E-state index is 0.0622. The Labute approximate surface area is 189 Å². The van der Waals surface area contributed by atoms with E-state index < -0.39 is 33.0 Å². The zero-order chi connectivity index (χ0) is 23.6. The molecule has 4 fully saturated rings. The lowest BCUT2D eigenvalue weighted by Gasteiger charge is -2.61. The first-order valence-electron chi connectivity index (χ1n) is 10.9. The maximum absolute atomic E-state index is 12.9. The van der Waals surface area contributed by atoms with Gasteiger partial charge in [0.05, 0.1) is 16.9 Å². The highest BCUT2D eigenvalue weighted by Crippen LogP contribution is 2.53. The number of halogens is 3. The number of sulfonamides is 1. The van der Waals surface area contributed by atoms with Gasteiger partial charge in [-0.05, 0) is 49.7 Å². The number of hydrogen-bond donors (Lipinski definition) is 1. The van der Waals surface area contributed by atoms with Crippen molar-refractivity contribution in [2.45, 2.75) is 43.8 Å². The zero-order valence-corrected chi connectivity index (χ0v) is 18.7. The number of rotatable bonds is 2. The van der Waals surface area contributed by atoms with Gasteiger partial charge in [0.15, 0.2) is 5.69 Å². The molecule has 0 unspecified atom stereocenters. The summed E-state index contributed by atoms with van der Waals surface area (Å²) < 4.78 is 65.1. The van der Waals surface area contributed by atoms with Crippen LogP contribution in [0.1, 0.15) is 42.5 Å². The van der Waals surface area contributed by atoms with E-state index in [2.05, 4.69) is 9.71 Å². The normalized spacial score (nSPS) is 25.2. The van der Waals surface area contributed by atoms with Crippen molar-refractivity contribution in [3.05, 3.63) is 29.1 Å². The molecule has 12 heteroatoms. The van der Waals surface area contributed by atoms with Crippen molar-refractivity contribution < 1.29 is 26.4 Å². The fraction of sp³-hybridized carbons (Fsp3) is 0.667. The first-order chi connectivity index (χ1) is 15.4. The van der Waals surface area contributed by atoms with Crippen LogP contribution in [-0.2, 0) is 22.6 Å². The molecular weight excluding hydrogens is 459 g/mol. The average Bonchev–Trinajstić information content (AvgIpc) is 2.64. The number of carbonyl (C=O) groups is 1. The average molecular weight is 484 g/mol. The fourth-order valence-electron chi connectivity index (χ4n) is 6.01. The van der Waals surface area contributed by atoms with Crippen molar-refractivity contribution >= 4 is 16.1 Å². The van der Waals surface area contributed by atoms with Crippen LogP contribution >= 0.6 is 0 Å². The number of nitrogens with zero attached hydrogens (tertiary/aromatic N) is 4. The molecule has 178 valence electrons. The lowest BCUT2D eigenvalue weighted by molar-refractivity contribution is -0.141. The van der Waals surface area contributed by atoms with Crippen molar-refractivity contribution in [1.29, 1.82) is 5.26 Å². The molecule has 0 bridgehead atoms. The fourth-order valence-corrected chi connectivity index (χ4v) is 7.52. The number of likely N-dealkylation sites (tertiary alicyclic amines) is 2. The van der Waals surface area contributed by atoms with Crippen LogP contribution in [0.15, 0.2) is 12.3 Å². The molecule has 4 aliphatic rings. The lowest BCUT2D eigenvalue weighted by Crippen LogP contribution is -2.76.